The highest BCUT2D eigenvalue weighted by Gasteiger charge is 2.26. The van der Waals surface area contributed by atoms with E-state index in [2.05, 4.69) is 31.4 Å². The Hall–Kier alpha value is -3.64. The molecule has 7 nitrogen and oxygen atoms in total. The van der Waals surface area contributed by atoms with Crippen molar-refractivity contribution in [1.82, 2.24) is 9.97 Å². The Bertz CT molecular complexity index is 1450. The molecular formula is C28H27BN3O4P. The van der Waals surface area contributed by atoms with Gasteiger partial charge in [-0.05, 0) is 56.5 Å². The molecule has 0 saturated heterocycles. The van der Waals surface area contributed by atoms with Crippen molar-refractivity contribution in [3.05, 3.63) is 66.1 Å². The fourth-order valence-corrected chi connectivity index (χ4v) is 4.25. The molecule has 0 bridgehead atoms. The van der Waals surface area contributed by atoms with Gasteiger partial charge < -0.3 is 19.5 Å². The lowest BCUT2D eigenvalue weighted by Crippen LogP contribution is -2.20. The standard InChI is InChI=1S/C28H27BN3O4P/c1-3-10-34-19-6-7-20-23(14-19)30-9-8-24(20)36-27-22(29)12-17(13-26(27)37)32-28(33)21-15-31-16(2)11-25(21)35-18-4-5-18/h6-9,11-15,18H,3-5,10,37H2,1-2H3,(H,32,33). The van der Waals surface area contributed by atoms with Crippen molar-refractivity contribution in [2.24, 2.45) is 0 Å². The van der Waals surface area contributed by atoms with E-state index in [9.17, 15) is 4.79 Å². The van der Waals surface area contributed by atoms with Gasteiger partial charge in [0.2, 0.25) is 0 Å². The normalized spacial score (nSPS) is 12.8. The van der Waals surface area contributed by atoms with E-state index in [4.69, 9.17) is 22.1 Å². The maximum Gasteiger partial charge on any atom is 0.261 e. The highest BCUT2D eigenvalue weighted by Crippen LogP contribution is 2.32. The number of aryl methyl sites for hydroxylation is 1. The molecule has 1 N–H and O–H groups in total. The highest BCUT2D eigenvalue weighted by molar-refractivity contribution is 7.27. The number of amides is 1. The van der Waals surface area contributed by atoms with Crippen molar-refractivity contribution in [2.75, 3.05) is 11.9 Å². The number of carbonyl (C=O) groups excluding carboxylic acids is 1. The van der Waals surface area contributed by atoms with Crippen molar-refractivity contribution >= 4 is 50.4 Å². The third-order valence-corrected chi connectivity index (χ3v) is 6.26. The van der Waals surface area contributed by atoms with E-state index >= 15 is 0 Å². The first-order chi connectivity index (χ1) is 17.9. The molecule has 5 rings (SSSR count). The quantitative estimate of drug-likeness (QED) is 0.261. The van der Waals surface area contributed by atoms with Crippen LogP contribution in [-0.4, -0.2) is 36.4 Å². The second kappa shape index (κ2) is 10.8. The summed E-state index contributed by atoms with van der Waals surface area (Å²) in [7, 11) is 8.99. The van der Waals surface area contributed by atoms with E-state index in [1.54, 1.807) is 30.5 Å². The number of aromatic nitrogens is 2. The second-order valence-electron chi connectivity index (χ2n) is 9.02. The molecule has 4 aromatic rings. The lowest BCUT2D eigenvalue weighted by Gasteiger charge is -2.16. The molecule has 2 aromatic heterocycles. The van der Waals surface area contributed by atoms with Crippen LogP contribution in [0.15, 0.2) is 54.9 Å². The van der Waals surface area contributed by atoms with Gasteiger partial charge in [0.15, 0.2) is 0 Å². The topological polar surface area (TPSA) is 82.6 Å². The number of pyridine rings is 2. The summed E-state index contributed by atoms with van der Waals surface area (Å²) in [6.45, 7) is 4.58. The number of benzene rings is 2. The van der Waals surface area contributed by atoms with Crippen LogP contribution in [-0.2, 0) is 0 Å². The van der Waals surface area contributed by atoms with E-state index < -0.39 is 0 Å². The number of rotatable bonds is 9. The number of nitrogens with one attached hydrogen (secondary N) is 1. The van der Waals surface area contributed by atoms with E-state index in [1.165, 1.54) is 6.20 Å². The summed E-state index contributed by atoms with van der Waals surface area (Å²) in [4.78, 5) is 21.8. The van der Waals surface area contributed by atoms with E-state index in [0.29, 0.717) is 45.9 Å². The zero-order valence-corrected chi connectivity index (χ0v) is 21.9. The Morgan fingerprint density at radius 3 is 2.73 bits per heavy atom. The molecule has 37 heavy (non-hydrogen) atoms. The Balaban J connectivity index is 1.36. The predicted octanol–water partition coefficient (Wildman–Crippen LogP) is 4.61. The van der Waals surface area contributed by atoms with Crippen molar-refractivity contribution in [2.45, 2.75) is 39.2 Å². The number of nitrogens with zero attached hydrogens (tertiary/aromatic N) is 2. The molecule has 1 fully saturated rings. The Morgan fingerprint density at radius 1 is 1.14 bits per heavy atom. The van der Waals surface area contributed by atoms with Crippen LogP contribution in [0.5, 0.6) is 23.0 Å². The average Bonchev–Trinajstić information content (AvgIpc) is 3.69. The molecule has 1 saturated carbocycles. The van der Waals surface area contributed by atoms with Gasteiger partial charge in [0, 0.05) is 46.6 Å². The van der Waals surface area contributed by atoms with Crippen LogP contribution in [0.4, 0.5) is 5.69 Å². The smallest absolute Gasteiger partial charge is 0.261 e. The molecule has 0 aliphatic heterocycles. The van der Waals surface area contributed by atoms with Gasteiger partial charge >= 0.3 is 0 Å². The van der Waals surface area contributed by atoms with E-state index in [1.807, 2.05) is 25.1 Å². The molecule has 186 valence electrons. The monoisotopic (exact) mass is 511 g/mol. The minimum Gasteiger partial charge on any atom is -0.494 e. The molecule has 1 atom stereocenters. The lowest BCUT2D eigenvalue weighted by molar-refractivity contribution is 0.102. The van der Waals surface area contributed by atoms with Crippen LogP contribution < -0.4 is 30.3 Å². The van der Waals surface area contributed by atoms with Gasteiger partial charge in [-0.1, -0.05) is 12.4 Å². The minimum absolute atomic E-state index is 0.166. The molecular weight excluding hydrogens is 484 g/mol. The molecule has 2 radical (unpaired) electrons. The average molecular weight is 511 g/mol. The maximum absolute atomic E-state index is 13.1. The number of hydrogen-bond acceptors (Lipinski definition) is 6. The predicted molar refractivity (Wildman–Crippen MR) is 149 cm³/mol. The molecule has 1 aliphatic carbocycles. The molecule has 9 heteroatoms. The van der Waals surface area contributed by atoms with Crippen molar-refractivity contribution < 1.29 is 19.0 Å². The largest absolute Gasteiger partial charge is 0.494 e. The first kappa shape index (κ1) is 25.0. The van der Waals surface area contributed by atoms with Crippen molar-refractivity contribution in [1.29, 1.82) is 0 Å². The van der Waals surface area contributed by atoms with E-state index in [-0.39, 0.29) is 12.0 Å². The second-order valence-corrected chi connectivity index (χ2v) is 9.64. The SMILES string of the molecule is [B]c1cc(NC(=O)c2cnc(C)cc2OC2CC2)cc(P)c1Oc1ccnc2cc(OCCC)ccc12. The first-order valence-corrected chi connectivity index (χ1v) is 12.8. The third kappa shape index (κ3) is 5.86. The van der Waals surface area contributed by atoms with Crippen molar-refractivity contribution in [3.8, 4) is 23.0 Å². The fourth-order valence-electron chi connectivity index (χ4n) is 3.84. The summed E-state index contributed by atoms with van der Waals surface area (Å²) in [5.41, 5.74) is 2.85. The summed E-state index contributed by atoms with van der Waals surface area (Å²) < 4.78 is 17.9. The van der Waals surface area contributed by atoms with Gasteiger partial charge in [-0.25, -0.2) is 0 Å². The van der Waals surface area contributed by atoms with Gasteiger partial charge in [-0.15, -0.1) is 9.24 Å². The Labute approximate surface area is 219 Å². The number of hydrogen-bond donors (Lipinski definition) is 1. The van der Waals surface area contributed by atoms with Crippen LogP contribution >= 0.6 is 9.24 Å². The van der Waals surface area contributed by atoms with Gasteiger partial charge in [0.25, 0.3) is 5.91 Å². The van der Waals surface area contributed by atoms with Gasteiger partial charge in [0.05, 0.1) is 18.2 Å². The Kier molecular flexibility index (Phi) is 7.29. The highest BCUT2D eigenvalue weighted by atomic mass is 31.0. The molecule has 1 unspecified atom stereocenters. The number of anilines is 1. The minimum atomic E-state index is -0.318. The van der Waals surface area contributed by atoms with Gasteiger partial charge in [-0.3, -0.25) is 14.8 Å². The molecule has 1 amide bonds. The van der Waals surface area contributed by atoms with Crippen LogP contribution in [0.1, 0.15) is 42.2 Å². The summed E-state index contributed by atoms with van der Waals surface area (Å²) >= 11 is 0. The summed E-state index contributed by atoms with van der Waals surface area (Å²) in [5, 5.41) is 4.44. The Morgan fingerprint density at radius 2 is 1.97 bits per heavy atom. The van der Waals surface area contributed by atoms with Gasteiger partial charge in [0.1, 0.15) is 36.4 Å². The summed E-state index contributed by atoms with van der Waals surface area (Å²) in [6.07, 6.45) is 6.32. The van der Waals surface area contributed by atoms with Crippen LogP contribution in [0.2, 0.25) is 0 Å². The van der Waals surface area contributed by atoms with Crippen LogP contribution in [0.25, 0.3) is 10.9 Å². The first-order valence-electron chi connectivity index (χ1n) is 12.2. The van der Waals surface area contributed by atoms with Crippen molar-refractivity contribution in [3.63, 3.8) is 0 Å². The third-order valence-electron chi connectivity index (χ3n) is 5.83. The molecule has 0 spiro atoms. The van der Waals surface area contributed by atoms with Gasteiger partial charge in [-0.2, -0.15) is 0 Å². The number of fused-ring (bicyclic) bond motifs is 1. The summed E-state index contributed by atoms with van der Waals surface area (Å²) in [5.74, 6) is 2.09. The van der Waals surface area contributed by atoms with Crippen LogP contribution in [0.3, 0.4) is 0 Å². The number of carbonyl (C=O) groups is 1. The van der Waals surface area contributed by atoms with Crippen LogP contribution in [0, 0.1) is 6.92 Å². The lowest BCUT2D eigenvalue weighted by atomic mass is 9.94. The maximum atomic E-state index is 13.1. The zero-order valence-electron chi connectivity index (χ0n) is 20.8. The number of ether oxygens (including phenoxy) is 3. The molecule has 1 aliphatic rings. The molecule has 2 aromatic carbocycles. The fraction of sp³-hybridized carbons (Fsp3) is 0.250. The summed E-state index contributed by atoms with van der Waals surface area (Å²) in [6, 6.07) is 12.8. The zero-order chi connectivity index (χ0) is 25.9. The molecule has 2 heterocycles. The van der Waals surface area contributed by atoms with E-state index in [0.717, 1.165) is 41.6 Å².